The maximum atomic E-state index is 12.0. The third-order valence-corrected chi connectivity index (χ3v) is 7.67. The number of anilines is 4. The van der Waals surface area contributed by atoms with E-state index in [0.29, 0.717) is 53.2 Å². The van der Waals surface area contributed by atoms with Gasteiger partial charge in [-0.05, 0) is 71.8 Å². The number of ether oxygens (including phenoxy) is 1. The quantitative estimate of drug-likeness (QED) is 0.129. The van der Waals surface area contributed by atoms with Crippen molar-refractivity contribution in [3.63, 3.8) is 0 Å². The summed E-state index contributed by atoms with van der Waals surface area (Å²) in [5.74, 6) is 2.10. The van der Waals surface area contributed by atoms with Gasteiger partial charge in [-0.25, -0.2) is 4.98 Å². The molecule has 0 saturated carbocycles. The number of pyridine rings is 1. The summed E-state index contributed by atoms with van der Waals surface area (Å²) in [5.41, 5.74) is 5.68. The number of hydrogen-bond donors (Lipinski definition) is 2. The Hall–Kier alpha value is -6.81. The number of amides is 1. The Morgan fingerprint density at radius 2 is 1.53 bits per heavy atom. The van der Waals surface area contributed by atoms with Gasteiger partial charge in [-0.3, -0.25) is 14.3 Å². The van der Waals surface area contributed by atoms with Gasteiger partial charge in [-0.2, -0.15) is 9.97 Å². The van der Waals surface area contributed by atoms with Crippen molar-refractivity contribution in [2.24, 2.45) is 0 Å². The van der Waals surface area contributed by atoms with Crippen LogP contribution in [0, 0.1) is 0 Å². The molecular formula is C39H32N8O2. The van der Waals surface area contributed by atoms with E-state index in [1.54, 1.807) is 18.7 Å². The van der Waals surface area contributed by atoms with Crippen LogP contribution in [0.1, 0.15) is 11.1 Å². The maximum Gasteiger partial charge on any atom is 0.247 e. The van der Waals surface area contributed by atoms with Crippen LogP contribution >= 0.6 is 0 Å². The summed E-state index contributed by atoms with van der Waals surface area (Å²) in [6.07, 6.45) is 6.34. The lowest BCUT2D eigenvalue weighted by molar-refractivity contribution is -0.111. The summed E-state index contributed by atoms with van der Waals surface area (Å²) in [7, 11) is 0. The fourth-order valence-corrected chi connectivity index (χ4v) is 5.37. The lowest BCUT2D eigenvalue weighted by atomic mass is 10.1. The Labute approximate surface area is 283 Å². The molecule has 0 aliphatic heterocycles. The molecule has 0 aliphatic carbocycles. The number of rotatable bonds is 12. The molecule has 0 spiro atoms. The lowest BCUT2D eigenvalue weighted by Gasteiger charge is -2.25. The van der Waals surface area contributed by atoms with Crippen molar-refractivity contribution in [2.75, 3.05) is 15.5 Å². The molecule has 0 saturated heterocycles. The van der Waals surface area contributed by atoms with Crippen molar-refractivity contribution >= 4 is 40.2 Å². The molecule has 0 aliphatic rings. The SMILES string of the molecule is C=CC(=O)Nc1cccc(-n2cnc3c(N(Cc4ccccc4)Cc4ccccc4)nc(Nc4ccc(Oc5cccnc5)cc4)nc32)c1. The van der Waals surface area contributed by atoms with Crippen molar-refractivity contribution in [3.8, 4) is 17.2 Å². The molecule has 0 radical (unpaired) electrons. The van der Waals surface area contributed by atoms with Crippen LogP contribution in [0.25, 0.3) is 16.9 Å². The van der Waals surface area contributed by atoms with E-state index in [2.05, 4.69) is 51.4 Å². The predicted molar refractivity (Wildman–Crippen MR) is 192 cm³/mol. The molecule has 1 amide bonds. The van der Waals surface area contributed by atoms with E-state index >= 15 is 0 Å². The molecule has 3 heterocycles. The number of carbonyl (C=O) groups excluding carboxylic acids is 1. The van der Waals surface area contributed by atoms with Crippen LogP contribution in [0.2, 0.25) is 0 Å². The number of carbonyl (C=O) groups is 1. The van der Waals surface area contributed by atoms with Crippen LogP contribution in [-0.2, 0) is 17.9 Å². The molecule has 240 valence electrons. The summed E-state index contributed by atoms with van der Waals surface area (Å²) in [6, 6.07) is 39.3. The first-order valence-electron chi connectivity index (χ1n) is 15.7. The van der Waals surface area contributed by atoms with Crippen molar-refractivity contribution < 1.29 is 9.53 Å². The van der Waals surface area contributed by atoms with Crippen molar-refractivity contribution in [3.05, 3.63) is 164 Å². The highest BCUT2D eigenvalue weighted by Crippen LogP contribution is 2.31. The first-order valence-corrected chi connectivity index (χ1v) is 15.7. The number of aromatic nitrogens is 5. The predicted octanol–water partition coefficient (Wildman–Crippen LogP) is 8.08. The molecule has 3 aromatic heterocycles. The zero-order valence-corrected chi connectivity index (χ0v) is 26.5. The van der Waals surface area contributed by atoms with E-state index in [4.69, 9.17) is 19.7 Å². The minimum Gasteiger partial charge on any atom is -0.456 e. The second kappa shape index (κ2) is 14.3. The summed E-state index contributed by atoms with van der Waals surface area (Å²) in [5, 5.41) is 6.23. The third kappa shape index (κ3) is 7.44. The molecule has 7 rings (SSSR count). The standard InChI is InChI=1S/C39H32N8O2/c1-2-35(48)42-31-15-9-16-32(23-31)47-27-41-36-37(46(25-28-11-5-3-6-12-28)26-29-13-7-4-8-14-29)44-39(45-38(36)47)43-30-18-20-33(21-19-30)49-34-17-10-22-40-24-34/h2-24,27H,1,25-26H2,(H,42,48)(H,43,44,45). The number of fused-ring (bicyclic) bond motifs is 1. The van der Waals surface area contributed by atoms with Gasteiger partial charge in [-0.1, -0.05) is 73.3 Å². The van der Waals surface area contributed by atoms with Crippen molar-refractivity contribution in [1.29, 1.82) is 0 Å². The molecule has 2 N–H and O–H groups in total. The minimum absolute atomic E-state index is 0.293. The number of nitrogens with zero attached hydrogens (tertiary/aromatic N) is 6. The molecule has 10 nitrogen and oxygen atoms in total. The van der Waals surface area contributed by atoms with Gasteiger partial charge in [0.15, 0.2) is 17.0 Å². The van der Waals surface area contributed by atoms with Crippen molar-refractivity contribution in [1.82, 2.24) is 24.5 Å². The zero-order chi connectivity index (χ0) is 33.4. The Kier molecular flexibility index (Phi) is 9.00. The first kappa shape index (κ1) is 30.8. The van der Waals surface area contributed by atoms with E-state index in [0.717, 1.165) is 22.5 Å². The Morgan fingerprint density at radius 1 is 0.796 bits per heavy atom. The lowest BCUT2D eigenvalue weighted by Crippen LogP contribution is -2.24. The Bertz CT molecular complexity index is 2150. The van der Waals surface area contributed by atoms with E-state index < -0.39 is 0 Å². The average Bonchev–Trinajstić information content (AvgIpc) is 3.57. The number of hydrogen-bond acceptors (Lipinski definition) is 8. The minimum atomic E-state index is -0.293. The molecule has 7 aromatic rings. The van der Waals surface area contributed by atoms with Crippen molar-refractivity contribution in [2.45, 2.75) is 13.1 Å². The topological polar surface area (TPSA) is 110 Å². The summed E-state index contributed by atoms with van der Waals surface area (Å²) in [4.78, 5) is 33.3. The van der Waals surface area contributed by atoms with Gasteiger partial charge < -0.3 is 20.3 Å². The second-order valence-corrected chi connectivity index (χ2v) is 11.2. The second-order valence-electron chi connectivity index (χ2n) is 11.2. The van der Waals surface area contributed by atoms with Gasteiger partial charge in [0.05, 0.1) is 11.9 Å². The molecule has 0 fully saturated rings. The third-order valence-electron chi connectivity index (χ3n) is 7.67. The zero-order valence-electron chi connectivity index (χ0n) is 26.5. The van der Waals surface area contributed by atoms with E-state index in [1.807, 2.05) is 102 Å². The van der Waals surface area contributed by atoms with Gasteiger partial charge in [0.25, 0.3) is 0 Å². The highest BCUT2D eigenvalue weighted by molar-refractivity contribution is 5.99. The van der Waals surface area contributed by atoms with Gasteiger partial charge in [-0.15, -0.1) is 0 Å². The van der Waals surface area contributed by atoms with Gasteiger partial charge in [0.1, 0.15) is 17.8 Å². The maximum absolute atomic E-state index is 12.0. The van der Waals surface area contributed by atoms with E-state index in [9.17, 15) is 4.79 Å². The Morgan fingerprint density at radius 3 is 2.20 bits per heavy atom. The highest BCUT2D eigenvalue weighted by atomic mass is 16.5. The molecule has 0 unspecified atom stereocenters. The van der Waals surface area contributed by atoms with Gasteiger partial charge in [0, 0.05) is 30.7 Å². The fourth-order valence-electron chi connectivity index (χ4n) is 5.37. The molecular weight excluding hydrogens is 612 g/mol. The summed E-state index contributed by atoms with van der Waals surface area (Å²) in [6.45, 7) is 4.75. The van der Waals surface area contributed by atoms with Crippen LogP contribution in [0.3, 0.4) is 0 Å². The van der Waals surface area contributed by atoms with Gasteiger partial charge >= 0.3 is 0 Å². The van der Waals surface area contributed by atoms with Gasteiger partial charge in [0.2, 0.25) is 11.9 Å². The van der Waals surface area contributed by atoms with E-state index in [1.165, 1.54) is 6.08 Å². The molecule has 4 aromatic carbocycles. The van der Waals surface area contributed by atoms with Crippen LogP contribution in [-0.4, -0.2) is 30.4 Å². The first-order chi connectivity index (χ1) is 24.1. The van der Waals surface area contributed by atoms with Crippen LogP contribution < -0.4 is 20.3 Å². The van der Waals surface area contributed by atoms with E-state index in [-0.39, 0.29) is 5.91 Å². The highest BCUT2D eigenvalue weighted by Gasteiger charge is 2.21. The molecule has 10 heteroatoms. The largest absolute Gasteiger partial charge is 0.456 e. The molecule has 49 heavy (non-hydrogen) atoms. The number of imidazole rings is 1. The van der Waals surface area contributed by atoms with Crippen LogP contribution in [0.5, 0.6) is 11.5 Å². The molecule has 0 atom stereocenters. The van der Waals surface area contributed by atoms with Crippen LogP contribution in [0.4, 0.5) is 23.1 Å². The Balaban J connectivity index is 1.30. The number of nitrogens with one attached hydrogen (secondary N) is 2. The fraction of sp³-hybridized carbons (Fsp3) is 0.0513. The smallest absolute Gasteiger partial charge is 0.247 e. The summed E-state index contributed by atoms with van der Waals surface area (Å²) >= 11 is 0. The van der Waals surface area contributed by atoms with Crippen LogP contribution in [0.15, 0.2) is 153 Å². The average molecular weight is 645 g/mol. The normalized spacial score (nSPS) is 10.8. The molecule has 0 bridgehead atoms. The summed E-state index contributed by atoms with van der Waals surface area (Å²) < 4.78 is 7.82. The monoisotopic (exact) mass is 644 g/mol. The number of benzene rings is 4.